The highest BCUT2D eigenvalue weighted by Crippen LogP contribution is 2.45. The largest absolute Gasteiger partial charge is 0.465 e. The second-order valence-corrected chi connectivity index (χ2v) is 10.1. The Morgan fingerprint density at radius 3 is 2.84 bits per heavy atom. The summed E-state index contributed by atoms with van der Waals surface area (Å²) in [6.45, 7) is 2.13. The first kappa shape index (κ1) is 21.5. The highest BCUT2D eigenvalue weighted by molar-refractivity contribution is 7.19. The van der Waals surface area contributed by atoms with Crippen LogP contribution in [0.4, 0.5) is 10.5 Å². The normalized spacial score (nSPS) is 19.1. The predicted molar refractivity (Wildman–Crippen MR) is 129 cm³/mol. The van der Waals surface area contributed by atoms with Crippen molar-refractivity contribution in [1.29, 1.82) is 0 Å². The molecule has 0 spiro atoms. The van der Waals surface area contributed by atoms with Gasteiger partial charge in [0.25, 0.3) is 0 Å². The number of benzene rings is 1. The summed E-state index contributed by atoms with van der Waals surface area (Å²) in [5.74, 6) is 0. The number of aromatic nitrogens is 1. The molecule has 2 aliphatic rings. The number of amides is 1. The molecule has 32 heavy (non-hydrogen) atoms. The number of fused-ring (bicyclic) bond motifs is 2. The van der Waals surface area contributed by atoms with Crippen molar-refractivity contribution in [1.82, 2.24) is 9.88 Å². The number of halogens is 1. The lowest BCUT2D eigenvalue weighted by Crippen LogP contribution is -2.40. The Labute approximate surface area is 196 Å². The Morgan fingerprint density at radius 2 is 2.03 bits per heavy atom. The van der Waals surface area contributed by atoms with Crippen LogP contribution >= 0.6 is 22.9 Å². The van der Waals surface area contributed by atoms with Gasteiger partial charge in [-0.05, 0) is 61.9 Å². The number of likely N-dealkylation sites (tertiary alicyclic amines) is 1. The van der Waals surface area contributed by atoms with Crippen LogP contribution in [0.3, 0.4) is 0 Å². The molecule has 8 heteroatoms. The monoisotopic (exact) mass is 471 g/mol. The lowest BCUT2D eigenvalue weighted by Gasteiger charge is -2.39. The van der Waals surface area contributed by atoms with Crippen LogP contribution in [-0.4, -0.2) is 51.9 Å². The second kappa shape index (κ2) is 8.89. The fraction of sp³-hybridized carbons (Fsp3) is 0.417. The van der Waals surface area contributed by atoms with Crippen LogP contribution in [0.15, 0.2) is 30.5 Å². The van der Waals surface area contributed by atoms with Gasteiger partial charge in [0.05, 0.1) is 16.8 Å². The van der Waals surface area contributed by atoms with E-state index in [4.69, 9.17) is 11.6 Å². The minimum atomic E-state index is -0.825. The summed E-state index contributed by atoms with van der Waals surface area (Å²) in [7, 11) is 0. The summed E-state index contributed by atoms with van der Waals surface area (Å²) in [5.41, 5.74) is 5.55. The minimum absolute atomic E-state index is 0.00238. The van der Waals surface area contributed by atoms with Gasteiger partial charge in [0.1, 0.15) is 0 Å². The Morgan fingerprint density at radius 1 is 1.16 bits per heavy atom. The molecular weight excluding hydrogens is 446 g/mol. The smallest absolute Gasteiger partial charge is 0.407 e. The lowest BCUT2D eigenvalue weighted by atomic mass is 9.91. The summed E-state index contributed by atoms with van der Waals surface area (Å²) in [6.07, 6.45) is 5.71. The van der Waals surface area contributed by atoms with Gasteiger partial charge in [-0.15, -0.1) is 11.3 Å². The number of aliphatic hydroxyl groups excluding tert-OH is 1. The Balaban J connectivity index is 1.61. The van der Waals surface area contributed by atoms with Crippen LogP contribution < -0.4 is 4.90 Å². The van der Waals surface area contributed by atoms with Crippen molar-refractivity contribution >= 4 is 44.9 Å². The zero-order chi connectivity index (χ0) is 22.2. The number of anilines is 1. The SMILES string of the molecule is O=C(O)N1CCCC(N2CCCc3cc(Cl)cc(-c4ccnc5cc(CO)sc45)c32)CC1. The zero-order valence-corrected chi connectivity index (χ0v) is 19.3. The van der Waals surface area contributed by atoms with Crippen molar-refractivity contribution in [3.05, 3.63) is 45.9 Å². The first-order valence-electron chi connectivity index (χ1n) is 11.1. The van der Waals surface area contributed by atoms with Crippen LogP contribution in [0.1, 0.15) is 36.1 Å². The average Bonchev–Trinajstić information content (AvgIpc) is 3.06. The summed E-state index contributed by atoms with van der Waals surface area (Å²) < 4.78 is 1.06. The van der Waals surface area contributed by atoms with E-state index < -0.39 is 6.09 Å². The molecule has 0 saturated carbocycles. The van der Waals surface area contributed by atoms with Gasteiger partial charge >= 0.3 is 6.09 Å². The summed E-state index contributed by atoms with van der Waals surface area (Å²) >= 11 is 8.16. The number of thiophene rings is 1. The predicted octanol–water partition coefficient (Wildman–Crippen LogP) is 5.39. The fourth-order valence-corrected chi connectivity index (χ4v) is 6.41. The third kappa shape index (κ3) is 3.93. The third-order valence-electron chi connectivity index (χ3n) is 6.60. The molecule has 3 aromatic rings. The van der Waals surface area contributed by atoms with Gasteiger partial charge in [-0.1, -0.05) is 11.6 Å². The first-order chi connectivity index (χ1) is 15.5. The molecule has 1 saturated heterocycles. The maximum Gasteiger partial charge on any atom is 0.407 e. The number of nitrogens with zero attached hydrogens (tertiary/aromatic N) is 3. The molecule has 1 aromatic carbocycles. The van der Waals surface area contributed by atoms with E-state index in [-0.39, 0.29) is 6.61 Å². The zero-order valence-electron chi connectivity index (χ0n) is 17.8. The molecule has 2 N–H and O–H groups in total. The lowest BCUT2D eigenvalue weighted by molar-refractivity contribution is 0.147. The van der Waals surface area contributed by atoms with Crippen LogP contribution in [0, 0.1) is 0 Å². The van der Waals surface area contributed by atoms with Crippen LogP contribution in [0.25, 0.3) is 21.3 Å². The van der Waals surface area contributed by atoms with E-state index in [1.54, 1.807) is 16.2 Å². The molecular formula is C24H26ClN3O3S. The number of aryl methyl sites for hydroxylation is 1. The highest BCUT2D eigenvalue weighted by Gasteiger charge is 2.30. The molecule has 1 amide bonds. The number of pyridine rings is 1. The van der Waals surface area contributed by atoms with E-state index >= 15 is 0 Å². The van der Waals surface area contributed by atoms with Crippen molar-refractivity contribution in [3.63, 3.8) is 0 Å². The molecule has 2 aromatic heterocycles. The molecule has 2 aliphatic heterocycles. The Kier molecular flexibility index (Phi) is 5.97. The second-order valence-electron chi connectivity index (χ2n) is 8.56. The van der Waals surface area contributed by atoms with Gasteiger partial charge in [0.15, 0.2) is 0 Å². The number of carboxylic acid groups (broad SMARTS) is 1. The van der Waals surface area contributed by atoms with Crippen molar-refractivity contribution in [3.8, 4) is 11.1 Å². The van der Waals surface area contributed by atoms with Gasteiger partial charge in [-0.2, -0.15) is 0 Å². The van der Waals surface area contributed by atoms with Gasteiger partial charge in [0.2, 0.25) is 0 Å². The van der Waals surface area contributed by atoms with Crippen molar-refractivity contribution in [2.24, 2.45) is 0 Å². The molecule has 0 bridgehead atoms. The average molecular weight is 472 g/mol. The number of aliphatic hydroxyl groups is 1. The van der Waals surface area contributed by atoms with Crippen molar-refractivity contribution in [2.45, 2.75) is 44.8 Å². The molecule has 1 unspecified atom stereocenters. The third-order valence-corrected chi connectivity index (χ3v) is 7.96. The van der Waals surface area contributed by atoms with Crippen molar-refractivity contribution in [2.75, 3.05) is 24.5 Å². The first-order valence-corrected chi connectivity index (χ1v) is 12.3. The molecule has 168 valence electrons. The van der Waals surface area contributed by atoms with Crippen molar-refractivity contribution < 1.29 is 15.0 Å². The molecule has 6 nitrogen and oxygen atoms in total. The Bertz CT molecular complexity index is 1160. The summed E-state index contributed by atoms with van der Waals surface area (Å²) in [6, 6.07) is 8.42. The van der Waals surface area contributed by atoms with E-state index in [0.717, 1.165) is 69.9 Å². The maximum atomic E-state index is 11.5. The molecule has 4 heterocycles. The van der Waals surface area contributed by atoms with Gasteiger partial charge < -0.3 is 20.0 Å². The minimum Gasteiger partial charge on any atom is -0.465 e. The van der Waals surface area contributed by atoms with Gasteiger partial charge in [-0.3, -0.25) is 4.98 Å². The fourth-order valence-electron chi connectivity index (χ4n) is 5.17. The van der Waals surface area contributed by atoms with Gasteiger partial charge in [-0.25, -0.2) is 4.79 Å². The number of hydrogen-bond donors (Lipinski definition) is 2. The standard InChI is InChI=1S/C24H26ClN3O3S/c25-16-11-15-3-1-9-28(17-4-2-8-27(10-6-17)24(30)31)22(15)20(12-16)19-5-7-26-21-13-18(14-29)32-23(19)21/h5,7,11-13,17,29H,1-4,6,8-10,14H2,(H,30,31). The van der Waals surface area contributed by atoms with E-state index in [2.05, 4.69) is 16.0 Å². The van der Waals surface area contributed by atoms with E-state index in [9.17, 15) is 15.0 Å². The molecule has 5 rings (SSSR count). The number of hydrogen-bond acceptors (Lipinski definition) is 5. The number of rotatable bonds is 3. The summed E-state index contributed by atoms with van der Waals surface area (Å²) in [5, 5.41) is 19.8. The van der Waals surface area contributed by atoms with E-state index in [0.29, 0.717) is 19.1 Å². The van der Waals surface area contributed by atoms with E-state index in [1.807, 2.05) is 24.4 Å². The van der Waals surface area contributed by atoms with Crippen LogP contribution in [0.2, 0.25) is 5.02 Å². The number of carbonyl (C=O) groups is 1. The highest BCUT2D eigenvalue weighted by atomic mass is 35.5. The maximum absolute atomic E-state index is 11.5. The topological polar surface area (TPSA) is 76.9 Å². The van der Waals surface area contributed by atoms with Crippen LogP contribution in [-0.2, 0) is 13.0 Å². The molecule has 0 aliphatic carbocycles. The summed E-state index contributed by atoms with van der Waals surface area (Å²) in [4.78, 5) is 20.9. The molecule has 1 atom stereocenters. The molecule has 1 fully saturated rings. The Hall–Kier alpha value is -2.35. The van der Waals surface area contributed by atoms with Gasteiger partial charge in [0, 0.05) is 58.6 Å². The van der Waals surface area contributed by atoms with E-state index in [1.165, 1.54) is 11.3 Å². The molecule has 0 radical (unpaired) electrons. The van der Waals surface area contributed by atoms with Crippen LogP contribution in [0.5, 0.6) is 0 Å². The quantitative estimate of drug-likeness (QED) is 0.535.